The molecule has 0 aromatic rings. The second-order valence-corrected chi connectivity index (χ2v) is 4.06. The van der Waals surface area contributed by atoms with Crippen molar-refractivity contribution in [1.29, 1.82) is 0 Å². The number of halogens is 2. The molecule has 0 radical (unpaired) electrons. The molecule has 1 saturated carbocycles. The van der Waals surface area contributed by atoms with Crippen LogP contribution in [0, 0.1) is 5.92 Å². The van der Waals surface area contributed by atoms with E-state index in [1.807, 2.05) is 20.8 Å². The SMILES string of the molecule is CC.CC(CC1CC1)NC(=O)OC(CF)CF. The zero-order chi connectivity index (χ0) is 13.3. The molecule has 1 fully saturated rings. The first kappa shape index (κ1) is 16.1. The number of amides is 1. The van der Waals surface area contributed by atoms with E-state index in [1.54, 1.807) is 0 Å². The third kappa shape index (κ3) is 7.94. The van der Waals surface area contributed by atoms with E-state index in [1.165, 1.54) is 12.8 Å². The Morgan fingerprint density at radius 1 is 1.35 bits per heavy atom. The van der Waals surface area contributed by atoms with Gasteiger partial charge >= 0.3 is 6.09 Å². The van der Waals surface area contributed by atoms with Crippen molar-refractivity contribution in [1.82, 2.24) is 5.32 Å². The first-order valence-corrected chi connectivity index (χ1v) is 6.24. The Balaban J connectivity index is 0.00000121. The lowest BCUT2D eigenvalue weighted by atomic mass is 10.2. The minimum atomic E-state index is -1.27. The second-order valence-electron chi connectivity index (χ2n) is 4.06. The summed E-state index contributed by atoms with van der Waals surface area (Å²) in [6.45, 7) is 3.89. The largest absolute Gasteiger partial charge is 0.441 e. The van der Waals surface area contributed by atoms with Crippen LogP contribution in [0.1, 0.15) is 40.0 Å². The van der Waals surface area contributed by atoms with Crippen LogP contribution in [0.25, 0.3) is 0 Å². The molecule has 1 aliphatic rings. The topological polar surface area (TPSA) is 38.3 Å². The molecule has 1 amide bonds. The average Bonchev–Trinajstić information content (AvgIpc) is 3.12. The van der Waals surface area contributed by atoms with Gasteiger partial charge in [0.05, 0.1) is 0 Å². The molecule has 0 heterocycles. The summed E-state index contributed by atoms with van der Waals surface area (Å²) in [5.74, 6) is 0.693. The van der Waals surface area contributed by atoms with Crippen LogP contribution in [0.5, 0.6) is 0 Å². The number of alkyl halides is 2. The number of carbonyl (C=O) groups excluding carboxylic acids is 1. The molecule has 1 atom stereocenters. The first-order valence-electron chi connectivity index (χ1n) is 6.24. The van der Waals surface area contributed by atoms with Gasteiger partial charge in [-0.25, -0.2) is 13.6 Å². The Kier molecular flexibility index (Phi) is 8.72. The van der Waals surface area contributed by atoms with E-state index in [-0.39, 0.29) is 6.04 Å². The quantitative estimate of drug-likeness (QED) is 0.787. The summed E-state index contributed by atoms with van der Waals surface area (Å²) in [6, 6.07) is 0.00451. The molecule has 102 valence electrons. The lowest BCUT2D eigenvalue weighted by molar-refractivity contribution is 0.0635. The van der Waals surface area contributed by atoms with Crippen LogP contribution in [0.4, 0.5) is 13.6 Å². The van der Waals surface area contributed by atoms with E-state index in [9.17, 15) is 13.6 Å². The summed E-state index contributed by atoms with van der Waals surface area (Å²) in [4.78, 5) is 11.1. The molecule has 0 aromatic carbocycles. The first-order chi connectivity index (χ1) is 8.15. The number of carbonyl (C=O) groups is 1. The van der Waals surface area contributed by atoms with Crippen molar-refractivity contribution in [3.8, 4) is 0 Å². The van der Waals surface area contributed by atoms with Gasteiger partial charge < -0.3 is 10.1 Å². The number of alkyl carbamates (subject to hydrolysis) is 1. The Labute approximate surface area is 102 Å². The summed E-state index contributed by atoms with van der Waals surface area (Å²) in [5, 5.41) is 2.56. The van der Waals surface area contributed by atoms with Gasteiger partial charge in [-0.2, -0.15) is 0 Å². The number of hydrogen-bond acceptors (Lipinski definition) is 2. The Bertz CT molecular complexity index is 207. The minimum Gasteiger partial charge on any atom is -0.441 e. The summed E-state index contributed by atoms with van der Waals surface area (Å²) in [5.41, 5.74) is 0. The van der Waals surface area contributed by atoms with Crippen molar-refractivity contribution in [3.05, 3.63) is 0 Å². The minimum absolute atomic E-state index is 0.00451. The van der Waals surface area contributed by atoms with Gasteiger partial charge in [0.25, 0.3) is 0 Å². The third-order valence-electron chi connectivity index (χ3n) is 2.37. The highest BCUT2D eigenvalue weighted by molar-refractivity contribution is 5.67. The smallest absolute Gasteiger partial charge is 0.407 e. The van der Waals surface area contributed by atoms with Crippen LogP contribution in [0.2, 0.25) is 0 Å². The van der Waals surface area contributed by atoms with Gasteiger partial charge in [-0.1, -0.05) is 26.7 Å². The standard InChI is InChI=1S/C10H17F2NO2.C2H6/c1-7(4-8-2-3-8)13-10(14)15-9(5-11)6-12;1-2/h7-9H,2-6H2,1H3,(H,13,14);1-2H3. The van der Waals surface area contributed by atoms with Gasteiger partial charge in [0, 0.05) is 6.04 Å². The molecular weight excluding hydrogens is 228 g/mol. The van der Waals surface area contributed by atoms with Crippen molar-refractivity contribution < 1.29 is 18.3 Å². The molecule has 5 heteroatoms. The van der Waals surface area contributed by atoms with Crippen LogP contribution >= 0.6 is 0 Å². The zero-order valence-corrected chi connectivity index (χ0v) is 10.8. The van der Waals surface area contributed by atoms with E-state index >= 15 is 0 Å². The average molecular weight is 251 g/mol. The highest BCUT2D eigenvalue weighted by Gasteiger charge is 2.25. The Morgan fingerprint density at radius 3 is 2.29 bits per heavy atom. The molecule has 17 heavy (non-hydrogen) atoms. The molecule has 0 aromatic heterocycles. The lowest BCUT2D eigenvalue weighted by Gasteiger charge is -2.16. The molecule has 1 rings (SSSR count). The van der Waals surface area contributed by atoms with E-state index in [4.69, 9.17) is 0 Å². The van der Waals surface area contributed by atoms with Crippen LogP contribution < -0.4 is 5.32 Å². The molecule has 0 bridgehead atoms. The maximum absolute atomic E-state index is 12.0. The van der Waals surface area contributed by atoms with E-state index in [0.29, 0.717) is 5.92 Å². The van der Waals surface area contributed by atoms with Crippen LogP contribution in [0.3, 0.4) is 0 Å². The lowest BCUT2D eigenvalue weighted by Crippen LogP contribution is -2.36. The van der Waals surface area contributed by atoms with Gasteiger partial charge in [-0.15, -0.1) is 0 Å². The van der Waals surface area contributed by atoms with Crippen molar-refractivity contribution in [2.75, 3.05) is 13.3 Å². The molecule has 0 saturated heterocycles. The molecule has 1 unspecified atom stereocenters. The maximum atomic E-state index is 12.0. The van der Waals surface area contributed by atoms with Gasteiger partial charge in [0.2, 0.25) is 0 Å². The second kappa shape index (κ2) is 9.19. The summed E-state index contributed by atoms with van der Waals surface area (Å²) >= 11 is 0. The van der Waals surface area contributed by atoms with Crippen molar-refractivity contribution >= 4 is 6.09 Å². The van der Waals surface area contributed by atoms with Crippen LogP contribution in [-0.4, -0.2) is 31.6 Å². The summed E-state index contributed by atoms with van der Waals surface area (Å²) in [7, 11) is 0. The monoisotopic (exact) mass is 251 g/mol. The maximum Gasteiger partial charge on any atom is 0.407 e. The van der Waals surface area contributed by atoms with Gasteiger partial charge in [0.15, 0.2) is 6.10 Å². The fourth-order valence-corrected chi connectivity index (χ4v) is 1.40. The number of nitrogens with one attached hydrogen (secondary N) is 1. The highest BCUT2D eigenvalue weighted by Crippen LogP contribution is 2.33. The number of rotatable bonds is 6. The molecule has 1 N–H and O–H groups in total. The fraction of sp³-hybridized carbons (Fsp3) is 0.917. The Morgan fingerprint density at radius 2 is 1.88 bits per heavy atom. The normalized spacial score (nSPS) is 15.9. The number of hydrogen-bond donors (Lipinski definition) is 1. The van der Waals surface area contributed by atoms with Crippen LogP contribution in [-0.2, 0) is 4.74 Å². The van der Waals surface area contributed by atoms with E-state index in [0.717, 1.165) is 6.42 Å². The number of ether oxygens (including phenoxy) is 1. The predicted molar refractivity (Wildman–Crippen MR) is 63.5 cm³/mol. The van der Waals surface area contributed by atoms with E-state index < -0.39 is 25.5 Å². The summed E-state index contributed by atoms with van der Waals surface area (Å²) < 4.78 is 28.6. The molecule has 0 aliphatic heterocycles. The molecular formula is C12H23F2NO2. The van der Waals surface area contributed by atoms with Crippen molar-refractivity contribution in [2.45, 2.75) is 52.2 Å². The van der Waals surface area contributed by atoms with Gasteiger partial charge in [0.1, 0.15) is 13.3 Å². The van der Waals surface area contributed by atoms with Crippen LogP contribution in [0.15, 0.2) is 0 Å². The predicted octanol–water partition coefficient (Wildman–Crippen LogP) is 3.24. The molecule has 1 aliphatic carbocycles. The fourth-order valence-electron chi connectivity index (χ4n) is 1.40. The molecule has 0 spiro atoms. The zero-order valence-electron chi connectivity index (χ0n) is 10.8. The third-order valence-corrected chi connectivity index (χ3v) is 2.37. The van der Waals surface area contributed by atoms with Crippen molar-refractivity contribution in [2.24, 2.45) is 5.92 Å². The Hall–Kier alpha value is -0.870. The highest BCUT2D eigenvalue weighted by atomic mass is 19.1. The van der Waals surface area contributed by atoms with Gasteiger partial charge in [-0.05, 0) is 19.3 Å². The van der Waals surface area contributed by atoms with E-state index in [2.05, 4.69) is 10.1 Å². The van der Waals surface area contributed by atoms with Crippen molar-refractivity contribution in [3.63, 3.8) is 0 Å². The van der Waals surface area contributed by atoms with Gasteiger partial charge in [-0.3, -0.25) is 0 Å². The molecule has 3 nitrogen and oxygen atoms in total. The summed E-state index contributed by atoms with van der Waals surface area (Å²) in [6.07, 6.45) is 1.32.